The van der Waals surface area contributed by atoms with E-state index in [4.69, 9.17) is 9.15 Å². The average Bonchev–Trinajstić information content (AvgIpc) is 3.47. The summed E-state index contributed by atoms with van der Waals surface area (Å²) in [6.45, 7) is 2.10. The lowest BCUT2D eigenvalue weighted by atomic mass is 9.99. The van der Waals surface area contributed by atoms with Gasteiger partial charge in [0.05, 0.1) is 10.6 Å². The Morgan fingerprint density at radius 1 is 1.09 bits per heavy atom. The minimum absolute atomic E-state index is 0.145. The quantitative estimate of drug-likeness (QED) is 0.360. The molecule has 7 nitrogen and oxygen atoms in total. The fourth-order valence-electron chi connectivity index (χ4n) is 4.36. The van der Waals surface area contributed by atoms with Crippen LogP contribution in [-0.2, 0) is 10.8 Å². The van der Waals surface area contributed by atoms with Crippen LogP contribution in [0.2, 0.25) is 0 Å². The lowest BCUT2D eigenvalue weighted by Gasteiger charge is -2.12. The molecule has 35 heavy (non-hydrogen) atoms. The fourth-order valence-corrected chi connectivity index (χ4v) is 5.84. The second-order valence-electron chi connectivity index (χ2n) is 8.98. The van der Waals surface area contributed by atoms with Crippen LogP contribution >= 0.6 is 0 Å². The summed E-state index contributed by atoms with van der Waals surface area (Å²) < 4.78 is 24.5. The number of likely N-dealkylation sites (N-methyl/N-ethyl adjacent to an activating group) is 1. The Morgan fingerprint density at radius 3 is 2.60 bits per heavy atom. The molecule has 0 radical (unpaired) electrons. The number of fused-ring (bicyclic) bond motifs is 1. The molecular weight excluding hydrogens is 460 g/mol. The monoisotopic (exact) mass is 490 g/mol. The number of aromatic nitrogens is 2. The zero-order valence-corrected chi connectivity index (χ0v) is 20.9. The van der Waals surface area contributed by atoms with Gasteiger partial charge in [-0.15, -0.1) is 0 Å². The molecule has 5 rings (SSSR count). The van der Waals surface area contributed by atoms with Crippen molar-refractivity contribution in [1.82, 2.24) is 14.9 Å². The molecule has 1 saturated heterocycles. The minimum Gasteiger partial charge on any atom is -0.492 e. The van der Waals surface area contributed by atoms with E-state index in [1.807, 2.05) is 56.6 Å². The maximum atomic E-state index is 12.3. The lowest BCUT2D eigenvalue weighted by molar-refractivity contribution is 0.261. The molecule has 1 aliphatic rings. The highest BCUT2D eigenvalue weighted by Gasteiger charge is 2.25. The molecule has 2 aromatic heterocycles. The number of anilines is 1. The zero-order chi connectivity index (χ0) is 24.2. The average molecular weight is 491 g/mol. The minimum atomic E-state index is -0.785. The first kappa shape index (κ1) is 23.5. The number of rotatable bonds is 9. The van der Waals surface area contributed by atoms with Crippen LogP contribution in [0.4, 0.5) is 5.82 Å². The van der Waals surface area contributed by atoms with Gasteiger partial charge in [-0.2, -0.15) is 0 Å². The van der Waals surface area contributed by atoms with Gasteiger partial charge in [-0.25, -0.2) is 9.97 Å². The van der Waals surface area contributed by atoms with Crippen molar-refractivity contribution in [1.29, 1.82) is 0 Å². The van der Waals surface area contributed by atoms with E-state index in [0.717, 1.165) is 58.7 Å². The number of furan rings is 1. The third kappa shape index (κ3) is 5.23. The Bertz CT molecular complexity index is 1310. The summed E-state index contributed by atoms with van der Waals surface area (Å²) in [5.41, 5.74) is 3.42. The molecule has 8 heteroatoms. The molecule has 1 aliphatic heterocycles. The van der Waals surface area contributed by atoms with Crippen molar-refractivity contribution < 1.29 is 13.4 Å². The molecule has 3 heterocycles. The maximum absolute atomic E-state index is 12.3. The molecule has 0 bridgehead atoms. The lowest BCUT2D eigenvalue weighted by Crippen LogP contribution is -2.21. The molecule has 0 unspecified atom stereocenters. The first-order chi connectivity index (χ1) is 17.1. The molecule has 0 aliphatic carbocycles. The van der Waals surface area contributed by atoms with Crippen LogP contribution in [0.1, 0.15) is 12.8 Å². The highest BCUT2D eigenvalue weighted by molar-refractivity contribution is 7.85. The van der Waals surface area contributed by atoms with Gasteiger partial charge in [0.15, 0.2) is 0 Å². The van der Waals surface area contributed by atoms with Gasteiger partial charge in [0, 0.05) is 40.8 Å². The van der Waals surface area contributed by atoms with Crippen LogP contribution in [0.25, 0.3) is 33.6 Å². The van der Waals surface area contributed by atoms with Crippen molar-refractivity contribution in [3.05, 3.63) is 60.9 Å². The normalized spacial score (nSPS) is 17.8. The van der Waals surface area contributed by atoms with Crippen molar-refractivity contribution in [2.75, 3.05) is 44.9 Å². The van der Waals surface area contributed by atoms with Crippen LogP contribution in [0.15, 0.2) is 65.3 Å². The molecule has 1 fully saturated rings. The number of hydrogen-bond acceptors (Lipinski definition) is 7. The Kier molecular flexibility index (Phi) is 7.11. The summed E-state index contributed by atoms with van der Waals surface area (Å²) in [7, 11) is 3.27. The number of nitrogens with zero attached hydrogens (tertiary/aromatic N) is 3. The van der Waals surface area contributed by atoms with E-state index < -0.39 is 10.8 Å². The van der Waals surface area contributed by atoms with Crippen molar-refractivity contribution in [3.63, 3.8) is 0 Å². The van der Waals surface area contributed by atoms with Gasteiger partial charge in [0.1, 0.15) is 30.3 Å². The van der Waals surface area contributed by atoms with E-state index in [1.54, 1.807) is 0 Å². The molecule has 2 aromatic carbocycles. The molecule has 0 amide bonds. The van der Waals surface area contributed by atoms with Crippen LogP contribution in [-0.4, -0.2) is 63.9 Å². The molecular formula is C27H30N4O3S. The number of benzene rings is 2. The van der Waals surface area contributed by atoms with Crippen LogP contribution in [0, 0.1) is 0 Å². The molecule has 0 spiro atoms. The molecule has 1 N–H and O–H groups in total. The van der Waals surface area contributed by atoms with Gasteiger partial charge < -0.3 is 19.4 Å². The summed E-state index contributed by atoms with van der Waals surface area (Å²) >= 11 is 0. The van der Waals surface area contributed by atoms with E-state index in [2.05, 4.69) is 32.3 Å². The maximum Gasteiger partial charge on any atom is 0.232 e. The third-order valence-electron chi connectivity index (χ3n) is 6.22. The van der Waals surface area contributed by atoms with E-state index in [-0.39, 0.29) is 5.25 Å². The molecule has 4 aromatic rings. The second-order valence-corrected chi connectivity index (χ2v) is 10.8. The van der Waals surface area contributed by atoms with Crippen molar-refractivity contribution in [2.45, 2.75) is 18.1 Å². The van der Waals surface area contributed by atoms with Gasteiger partial charge in [-0.05, 0) is 56.8 Å². The Balaban J connectivity index is 1.52. The van der Waals surface area contributed by atoms with E-state index in [1.165, 1.54) is 6.33 Å². The van der Waals surface area contributed by atoms with Gasteiger partial charge >= 0.3 is 0 Å². The predicted octanol–water partition coefficient (Wildman–Crippen LogP) is 4.82. The highest BCUT2D eigenvalue weighted by atomic mass is 32.2. The van der Waals surface area contributed by atoms with Crippen molar-refractivity contribution >= 4 is 27.7 Å². The standard InChI is InChI=1S/C27H30N4O3S/c1-31(2)14-15-33-21-12-10-20(11-13-21)25-23(19-7-4-3-5-8-19)24-26(29-18-30-27(24)34-25)28-17-22-9-6-16-35(22)32/h3-5,7-8,10-13,18,22H,6,9,14-17H2,1-2H3,(H,28,29,30)/t22-,35-/m0/s1. The smallest absolute Gasteiger partial charge is 0.232 e. The fraction of sp³-hybridized carbons (Fsp3) is 0.333. The number of hydrogen-bond donors (Lipinski definition) is 1. The Labute approximate surface area is 208 Å². The van der Waals surface area contributed by atoms with Gasteiger partial charge in [-0.1, -0.05) is 30.3 Å². The van der Waals surface area contributed by atoms with Gasteiger partial charge in [-0.3, -0.25) is 4.21 Å². The zero-order valence-electron chi connectivity index (χ0n) is 20.1. The van der Waals surface area contributed by atoms with Crippen LogP contribution < -0.4 is 10.1 Å². The summed E-state index contributed by atoms with van der Waals surface area (Å²) in [6.07, 6.45) is 3.50. The van der Waals surface area contributed by atoms with E-state index >= 15 is 0 Å². The van der Waals surface area contributed by atoms with Crippen LogP contribution in [0.5, 0.6) is 5.75 Å². The predicted molar refractivity (Wildman–Crippen MR) is 141 cm³/mol. The summed E-state index contributed by atoms with van der Waals surface area (Å²) in [5, 5.41) is 4.43. The first-order valence-corrected chi connectivity index (χ1v) is 13.3. The summed E-state index contributed by atoms with van der Waals surface area (Å²) in [5.74, 6) is 3.04. The number of nitrogens with one attached hydrogen (secondary N) is 1. The second kappa shape index (κ2) is 10.6. The largest absolute Gasteiger partial charge is 0.492 e. The van der Waals surface area contributed by atoms with Crippen LogP contribution in [0.3, 0.4) is 0 Å². The van der Waals surface area contributed by atoms with E-state index in [9.17, 15) is 4.21 Å². The summed E-state index contributed by atoms with van der Waals surface area (Å²) in [6, 6.07) is 18.1. The van der Waals surface area contributed by atoms with Gasteiger partial charge in [0.2, 0.25) is 5.71 Å². The molecule has 182 valence electrons. The third-order valence-corrected chi connectivity index (χ3v) is 8.05. The Hall–Kier alpha value is -3.23. The highest BCUT2D eigenvalue weighted by Crippen LogP contribution is 2.42. The van der Waals surface area contributed by atoms with Crippen molar-refractivity contribution in [2.24, 2.45) is 0 Å². The SMILES string of the molecule is CN(C)CCOc1ccc(-c2oc3ncnc(NC[C@@H]4CCC[S@@]4=O)c3c2-c2ccccc2)cc1. The van der Waals surface area contributed by atoms with Gasteiger partial charge in [0.25, 0.3) is 0 Å². The molecule has 0 saturated carbocycles. The first-order valence-electron chi connectivity index (χ1n) is 11.9. The van der Waals surface area contributed by atoms with E-state index in [0.29, 0.717) is 24.7 Å². The molecule has 2 atom stereocenters. The topological polar surface area (TPSA) is 80.5 Å². The van der Waals surface area contributed by atoms with Crippen molar-refractivity contribution in [3.8, 4) is 28.2 Å². The summed E-state index contributed by atoms with van der Waals surface area (Å²) in [4.78, 5) is 11.1. The Morgan fingerprint density at radius 2 is 1.89 bits per heavy atom. The number of ether oxygens (including phenoxy) is 1.